The third-order valence-electron chi connectivity index (χ3n) is 6.46. The minimum Gasteiger partial charge on any atom is -0.487 e. The summed E-state index contributed by atoms with van der Waals surface area (Å²) in [6, 6.07) is 17.8. The van der Waals surface area contributed by atoms with Crippen LogP contribution in [0, 0.1) is 0 Å². The molecule has 0 saturated carbocycles. The smallest absolute Gasteiger partial charge is 0.338 e. The normalized spacial score (nSPS) is 15.0. The molecule has 1 aliphatic rings. The van der Waals surface area contributed by atoms with E-state index in [0.29, 0.717) is 52.9 Å². The van der Waals surface area contributed by atoms with Gasteiger partial charge in [0.15, 0.2) is 4.80 Å². The van der Waals surface area contributed by atoms with Crippen LogP contribution in [0.1, 0.15) is 36.1 Å². The van der Waals surface area contributed by atoms with Crippen LogP contribution in [-0.2, 0) is 16.1 Å². The number of nitrogens with zero attached hydrogens (tertiary/aromatic N) is 2. The first kappa shape index (κ1) is 29.8. The van der Waals surface area contributed by atoms with Crippen molar-refractivity contribution in [1.29, 1.82) is 0 Å². The second kappa shape index (κ2) is 12.7. The van der Waals surface area contributed by atoms with E-state index in [1.807, 2.05) is 55.5 Å². The minimum atomic E-state index is -0.670. The molecule has 41 heavy (non-hydrogen) atoms. The quantitative estimate of drug-likeness (QED) is 0.188. The number of hydrogen-bond donors (Lipinski definition) is 0. The van der Waals surface area contributed by atoms with E-state index in [2.05, 4.69) is 31.9 Å². The SMILES string of the molecule is CCC1=C(C(=O)OC)[C@H](c2ccccc2)n2c(s/c(=C/c3cc(Br)cc(Br)c3OCc3ccc(Cl)c(Cl)c3)c2=O)=N1. The average Bonchev–Trinajstić information content (AvgIpc) is 3.27. The molecule has 0 N–H and O–H groups in total. The van der Waals surface area contributed by atoms with Gasteiger partial charge in [0.1, 0.15) is 12.4 Å². The average molecular weight is 737 g/mol. The molecule has 3 aromatic carbocycles. The van der Waals surface area contributed by atoms with Crippen molar-refractivity contribution < 1.29 is 14.3 Å². The van der Waals surface area contributed by atoms with Crippen molar-refractivity contribution in [3.63, 3.8) is 0 Å². The van der Waals surface area contributed by atoms with E-state index in [1.54, 1.807) is 22.8 Å². The Morgan fingerprint density at radius 1 is 1.10 bits per heavy atom. The zero-order valence-electron chi connectivity index (χ0n) is 21.8. The summed E-state index contributed by atoms with van der Waals surface area (Å²) >= 11 is 20.6. The topological polar surface area (TPSA) is 69.9 Å². The van der Waals surface area contributed by atoms with Crippen molar-refractivity contribution >= 4 is 78.4 Å². The Hall–Kier alpha value is -2.69. The molecule has 0 unspecified atom stereocenters. The largest absolute Gasteiger partial charge is 0.487 e. The van der Waals surface area contributed by atoms with Crippen molar-refractivity contribution in [3.8, 4) is 5.75 Å². The molecule has 0 saturated heterocycles. The van der Waals surface area contributed by atoms with E-state index in [9.17, 15) is 9.59 Å². The molecule has 0 radical (unpaired) electrons. The lowest BCUT2D eigenvalue weighted by Crippen LogP contribution is -2.40. The number of hydrogen-bond acceptors (Lipinski definition) is 6. The summed E-state index contributed by atoms with van der Waals surface area (Å²) in [6.45, 7) is 2.16. The van der Waals surface area contributed by atoms with Crippen LogP contribution >= 0.6 is 66.4 Å². The van der Waals surface area contributed by atoms with Crippen molar-refractivity contribution in [2.45, 2.75) is 26.0 Å². The zero-order chi connectivity index (χ0) is 29.3. The lowest BCUT2D eigenvalue weighted by atomic mass is 9.95. The zero-order valence-corrected chi connectivity index (χ0v) is 27.3. The van der Waals surface area contributed by atoms with Gasteiger partial charge in [-0.3, -0.25) is 9.36 Å². The highest BCUT2D eigenvalue weighted by atomic mass is 79.9. The molecule has 0 spiro atoms. The second-order valence-corrected chi connectivity index (χ2v) is 12.6. The molecule has 1 aliphatic heterocycles. The van der Waals surface area contributed by atoms with Crippen LogP contribution in [0.2, 0.25) is 10.0 Å². The molecule has 11 heteroatoms. The Balaban J connectivity index is 1.65. The van der Waals surface area contributed by atoms with E-state index in [0.717, 1.165) is 15.6 Å². The molecule has 2 heterocycles. The number of esters is 1. The highest BCUT2D eigenvalue weighted by Gasteiger charge is 2.33. The summed E-state index contributed by atoms with van der Waals surface area (Å²) in [5.41, 5.74) is 2.98. The fraction of sp³-hybridized carbons (Fsp3) is 0.167. The first-order valence-corrected chi connectivity index (χ1v) is 15.6. The number of carbonyl (C=O) groups is 1. The van der Waals surface area contributed by atoms with Crippen molar-refractivity contribution in [1.82, 2.24) is 4.57 Å². The number of benzene rings is 3. The highest BCUT2D eigenvalue weighted by molar-refractivity contribution is 9.11. The molecule has 1 aromatic heterocycles. The fourth-order valence-corrected chi connectivity index (χ4v) is 7.29. The van der Waals surface area contributed by atoms with Gasteiger partial charge in [0.05, 0.1) is 43.5 Å². The summed E-state index contributed by atoms with van der Waals surface area (Å²) in [7, 11) is 1.33. The Labute approximate surface area is 266 Å². The number of rotatable bonds is 7. The van der Waals surface area contributed by atoms with Crippen LogP contribution in [0.25, 0.3) is 6.08 Å². The third kappa shape index (κ3) is 6.10. The number of methoxy groups -OCH3 is 1. The molecule has 0 aliphatic carbocycles. The summed E-state index contributed by atoms with van der Waals surface area (Å²) < 4.78 is 14.9. The number of thiazole rings is 1. The van der Waals surface area contributed by atoms with E-state index >= 15 is 0 Å². The number of carbonyl (C=O) groups excluding carboxylic acids is 1. The second-order valence-electron chi connectivity index (χ2n) is 9.04. The molecular formula is C30H22Br2Cl2N2O4S. The van der Waals surface area contributed by atoms with Crippen LogP contribution in [0.3, 0.4) is 0 Å². The highest BCUT2D eigenvalue weighted by Crippen LogP contribution is 2.35. The van der Waals surface area contributed by atoms with E-state index in [1.165, 1.54) is 18.4 Å². The van der Waals surface area contributed by atoms with Gasteiger partial charge >= 0.3 is 5.97 Å². The van der Waals surface area contributed by atoms with Gasteiger partial charge in [0.2, 0.25) is 0 Å². The van der Waals surface area contributed by atoms with Gasteiger partial charge in [-0.15, -0.1) is 0 Å². The standard InChI is InChI=1S/C30H22Br2Cl2N2O4S/c1-3-23-25(29(38)39-2)26(17-7-5-4-6-8-17)36-28(37)24(41-30(36)35-23)13-18-12-19(31)14-20(32)27(18)40-15-16-9-10-21(33)22(34)11-16/h4-14,26H,3,15H2,1-2H3/b24-13+/t26-/m0/s1. The monoisotopic (exact) mass is 734 g/mol. The van der Waals surface area contributed by atoms with Gasteiger partial charge in [-0.2, -0.15) is 0 Å². The molecule has 1 atom stereocenters. The van der Waals surface area contributed by atoms with Gasteiger partial charge in [0.25, 0.3) is 5.56 Å². The number of fused-ring (bicyclic) bond motifs is 1. The van der Waals surface area contributed by atoms with Crippen LogP contribution < -0.4 is 19.6 Å². The predicted octanol–water partition coefficient (Wildman–Crippen LogP) is 7.21. The van der Waals surface area contributed by atoms with Gasteiger partial charge < -0.3 is 9.47 Å². The van der Waals surface area contributed by atoms with Crippen LogP contribution in [-0.4, -0.2) is 17.6 Å². The summed E-state index contributed by atoms with van der Waals surface area (Å²) in [6.07, 6.45) is 2.28. The van der Waals surface area contributed by atoms with Crippen molar-refractivity contribution in [2.75, 3.05) is 7.11 Å². The molecule has 210 valence electrons. The number of halogens is 4. The van der Waals surface area contributed by atoms with Gasteiger partial charge in [-0.05, 0) is 63.8 Å². The molecule has 0 fully saturated rings. The molecule has 4 aromatic rings. The lowest BCUT2D eigenvalue weighted by molar-refractivity contribution is -0.136. The first-order chi connectivity index (χ1) is 19.7. The molecule has 0 bridgehead atoms. The van der Waals surface area contributed by atoms with Crippen molar-refractivity contribution in [3.05, 3.63) is 127 Å². The Bertz CT molecular complexity index is 1870. The maximum Gasteiger partial charge on any atom is 0.338 e. The fourth-order valence-electron chi connectivity index (χ4n) is 4.58. The summed E-state index contributed by atoms with van der Waals surface area (Å²) in [5, 5.41) is 0.904. The van der Waals surface area contributed by atoms with Crippen LogP contribution in [0.5, 0.6) is 5.75 Å². The molecule has 5 rings (SSSR count). The van der Waals surface area contributed by atoms with Crippen LogP contribution in [0.15, 0.2) is 90.7 Å². The lowest BCUT2D eigenvalue weighted by Gasteiger charge is -2.25. The minimum absolute atomic E-state index is 0.232. The number of ether oxygens (including phenoxy) is 2. The Morgan fingerprint density at radius 2 is 1.85 bits per heavy atom. The maximum absolute atomic E-state index is 14.0. The molecular weight excluding hydrogens is 715 g/mol. The van der Waals surface area contributed by atoms with Crippen molar-refractivity contribution in [2.24, 2.45) is 4.99 Å². The van der Waals surface area contributed by atoms with Gasteiger partial charge in [-0.25, -0.2) is 9.79 Å². The number of allylic oxidation sites excluding steroid dienone is 1. The van der Waals surface area contributed by atoms with E-state index in [-0.39, 0.29) is 12.2 Å². The van der Waals surface area contributed by atoms with Gasteiger partial charge in [0, 0.05) is 10.0 Å². The third-order valence-corrected chi connectivity index (χ3v) is 9.23. The Morgan fingerprint density at radius 3 is 2.54 bits per heavy atom. The Kier molecular flexibility index (Phi) is 9.21. The molecule has 6 nitrogen and oxygen atoms in total. The maximum atomic E-state index is 14.0. The summed E-state index contributed by atoms with van der Waals surface area (Å²) in [5.74, 6) is 0.0388. The molecule has 0 amide bonds. The van der Waals surface area contributed by atoms with Crippen LogP contribution in [0.4, 0.5) is 0 Å². The first-order valence-electron chi connectivity index (χ1n) is 12.5. The summed E-state index contributed by atoms with van der Waals surface area (Å²) in [4.78, 5) is 32.2. The van der Waals surface area contributed by atoms with Gasteiger partial charge in [-0.1, -0.05) is 93.8 Å². The van der Waals surface area contributed by atoms with E-state index in [4.69, 9.17) is 37.7 Å². The predicted molar refractivity (Wildman–Crippen MR) is 169 cm³/mol. The van der Waals surface area contributed by atoms with E-state index < -0.39 is 12.0 Å². The number of aromatic nitrogens is 1.